The van der Waals surface area contributed by atoms with Gasteiger partial charge in [0.25, 0.3) is 5.91 Å². The zero-order chi connectivity index (χ0) is 14.4. The first kappa shape index (κ1) is 16.2. The van der Waals surface area contributed by atoms with Crippen LogP contribution in [0.3, 0.4) is 0 Å². The van der Waals surface area contributed by atoms with Gasteiger partial charge in [0.2, 0.25) is 5.88 Å². The molecule has 0 fully saturated rings. The molecule has 0 aliphatic rings. The molecule has 0 radical (unpaired) electrons. The molecule has 0 aromatic carbocycles. The molecule has 106 valence electrons. The minimum Gasteiger partial charge on any atom is -0.464 e. The highest BCUT2D eigenvalue weighted by Gasteiger charge is 2.21. The van der Waals surface area contributed by atoms with Crippen LogP contribution in [-0.2, 0) is 4.79 Å². The van der Waals surface area contributed by atoms with E-state index in [1.54, 1.807) is 19.2 Å². The molecule has 19 heavy (non-hydrogen) atoms. The van der Waals surface area contributed by atoms with Gasteiger partial charge in [-0.05, 0) is 28.4 Å². The predicted octanol–water partition coefficient (Wildman–Crippen LogP) is 2.68. The Morgan fingerprint density at radius 3 is 2.79 bits per heavy atom. The summed E-state index contributed by atoms with van der Waals surface area (Å²) in [6.45, 7) is 2.02. The van der Waals surface area contributed by atoms with Crippen LogP contribution in [0, 0.1) is 0 Å². The number of nitrogens with zero attached hydrogens (tertiary/aromatic N) is 1. The first-order valence-corrected chi connectivity index (χ1v) is 7.63. The first-order chi connectivity index (χ1) is 8.97. The fourth-order valence-corrected chi connectivity index (χ4v) is 2.19. The van der Waals surface area contributed by atoms with Crippen molar-refractivity contribution < 1.29 is 9.53 Å². The van der Waals surface area contributed by atoms with Gasteiger partial charge in [-0.25, -0.2) is 0 Å². The normalized spacial score (nSPS) is 13.7. The van der Waals surface area contributed by atoms with Gasteiger partial charge in [-0.1, -0.05) is 22.9 Å². The Labute approximate surface area is 129 Å². The number of primary amides is 1. The van der Waals surface area contributed by atoms with Crippen molar-refractivity contribution in [3.8, 4) is 5.88 Å². The van der Waals surface area contributed by atoms with E-state index in [2.05, 4.69) is 42.2 Å². The molecule has 0 aliphatic heterocycles. The summed E-state index contributed by atoms with van der Waals surface area (Å²) in [6.07, 6.45) is 0.712. The smallest absolute Gasteiger partial charge is 0.258 e. The lowest BCUT2D eigenvalue weighted by Gasteiger charge is -2.18. The molecule has 1 rings (SSSR count). The summed E-state index contributed by atoms with van der Waals surface area (Å²) in [6, 6.07) is 3.49. The molecule has 0 aliphatic carbocycles. The molecule has 0 bridgehead atoms. The number of alkyl halides is 1. The van der Waals surface area contributed by atoms with E-state index < -0.39 is 12.0 Å². The van der Waals surface area contributed by atoms with E-state index in [0.717, 1.165) is 10.9 Å². The Hall–Kier alpha value is -0.820. The number of carbonyl (C=O) groups is 1. The molecular formula is C12H17Br2N3O2. The Bertz CT molecular complexity index is 443. The number of nitrogens with one attached hydrogen (secondary N) is 1. The van der Waals surface area contributed by atoms with Crippen molar-refractivity contribution >= 4 is 43.6 Å². The van der Waals surface area contributed by atoms with Gasteiger partial charge in [0.05, 0.1) is 4.47 Å². The molecule has 1 aromatic rings. The number of rotatable bonds is 7. The van der Waals surface area contributed by atoms with Crippen LogP contribution < -0.4 is 15.8 Å². The lowest BCUT2D eigenvalue weighted by molar-refractivity contribution is -0.125. The standard InChI is InChI=1S/C12H17Br2N3O2/c1-3-7(13)6-9(11(15)18)19-10-5-4-8(14)12(16-2)17-10/h4-5,7,9H,3,6H2,1-2H3,(H2,15,18)(H,16,17). The minimum absolute atomic E-state index is 0.184. The van der Waals surface area contributed by atoms with E-state index >= 15 is 0 Å². The third kappa shape index (κ3) is 4.99. The first-order valence-electron chi connectivity index (χ1n) is 5.92. The highest BCUT2D eigenvalue weighted by atomic mass is 79.9. The number of carbonyl (C=O) groups excluding carboxylic acids is 1. The summed E-state index contributed by atoms with van der Waals surface area (Å²) in [5, 5.41) is 2.93. The topological polar surface area (TPSA) is 77.2 Å². The second-order valence-electron chi connectivity index (χ2n) is 3.98. The molecule has 7 heteroatoms. The largest absolute Gasteiger partial charge is 0.464 e. The Balaban J connectivity index is 2.81. The molecule has 0 saturated heterocycles. The van der Waals surface area contributed by atoms with Crippen LogP contribution in [0.5, 0.6) is 5.88 Å². The second-order valence-corrected chi connectivity index (χ2v) is 6.13. The van der Waals surface area contributed by atoms with Gasteiger partial charge in [-0.2, -0.15) is 4.98 Å². The van der Waals surface area contributed by atoms with Crippen LogP contribution >= 0.6 is 31.9 Å². The maximum Gasteiger partial charge on any atom is 0.258 e. The third-order valence-electron chi connectivity index (χ3n) is 2.55. The molecule has 3 N–H and O–H groups in total. The van der Waals surface area contributed by atoms with Crippen LogP contribution in [0.2, 0.25) is 0 Å². The maximum atomic E-state index is 11.4. The van der Waals surface area contributed by atoms with E-state index in [9.17, 15) is 4.79 Å². The lowest BCUT2D eigenvalue weighted by Crippen LogP contribution is -2.35. The van der Waals surface area contributed by atoms with Crippen molar-refractivity contribution in [2.45, 2.75) is 30.7 Å². The van der Waals surface area contributed by atoms with Gasteiger partial charge in [0.15, 0.2) is 6.10 Å². The zero-order valence-corrected chi connectivity index (χ0v) is 14.0. The molecule has 1 aromatic heterocycles. The summed E-state index contributed by atoms with van der Waals surface area (Å²) in [5.41, 5.74) is 5.35. The van der Waals surface area contributed by atoms with Crippen molar-refractivity contribution in [2.75, 3.05) is 12.4 Å². The van der Waals surface area contributed by atoms with Crippen molar-refractivity contribution in [3.05, 3.63) is 16.6 Å². The average Bonchev–Trinajstić information content (AvgIpc) is 2.39. The van der Waals surface area contributed by atoms with Crippen LogP contribution in [0.1, 0.15) is 19.8 Å². The Kier molecular flexibility index (Phi) is 6.57. The highest BCUT2D eigenvalue weighted by molar-refractivity contribution is 9.10. The molecule has 5 nitrogen and oxygen atoms in total. The quantitative estimate of drug-likeness (QED) is 0.697. The minimum atomic E-state index is -0.692. The third-order valence-corrected chi connectivity index (χ3v) is 4.21. The molecule has 0 saturated carbocycles. The summed E-state index contributed by atoms with van der Waals surface area (Å²) in [5.74, 6) is 0.521. The zero-order valence-electron chi connectivity index (χ0n) is 10.8. The average molecular weight is 395 g/mol. The predicted molar refractivity (Wildman–Crippen MR) is 82.7 cm³/mol. The highest BCUT2D eigenvalue weighted by Crippen LogP contribution is 2.24. The van der Waals surface area contributed by atoms with Gasteiger partial charge in [-0.3, -0.25) is 4.79 Å². The van der Waals surface area contributed by atoms with Crippen molar-refractivity contribution in [1.29, 1.82) is 0 Å². The van der Waals surface area contributed by atoms with E-state index in [-0.39, 0.29) is 4.83 Å². The van der Waals surface area contributed by atoms with Gasteiger partial charge < -0.3 is 15.8 Å². The van der Waals surface area contributed by atoms with E-state index in [1.165, 1.54) is 0 Å². The van der Waals surface area contributed by atoms with E-state index in [4.69, 9.17) is 10.5 Å². The summed E-state index contributed by atoms with van der Waals surface area (Å²) in [4.78, 5) is 15.8. The number of anilines is 1. The number of amides is 1. The monoisotopic (exact) mass is 393 g/mol. The summed E-state index contributed by atoms with van der Waals surface area (Å²) in [7, 11) is 1.76. The van der Waals surface area contributed by atoms with Crippen molar-refractivity contribution in [3.63, 3.8) is 0 Å². The van der Waals surface area contributed by atoms with Gasteiger partial charge >= 0.3 is 0 Å². The van der Waals surface area contributed by atoms with Crippen LogP contribution in [-0.4, -0.2) is 28.9 Å². The number of hydrogen-bond acceptors (Lipinski definition) is 4. The Morgan fingerprint density at radius 2 is 2.26 bits per heavy atom. The molecule has 0 spiro atoms. The molecule has 1 heterocycles. The lowest BCUT2D eigenvalue weighted by atomic mass is 10.1. The fraction of sp³-hybridized carbons (Fsp3) is 0.500. The molecular weight excluding hydrogens is 378 g/mol. The SMILES string of the molecule is CCC(Br)CC(Oc1ccc(Br)c(NC)n1)C(N)=O. The second kappa shape index (κ2) is 7.69. The summed E-state index contributed by atoms with van der Waals surface area (Å²) >= 11 is 6.83. The molecule has 1 amide bonds. The number of aromatic nitrogens is 1. The van der Waals surface area contributed by atoms with E-state index in [1.807, 2.05) is 6.92 Å². The number of pyridine rings is 1. The van der Waals surface area contributed by atoms with Gasteiger partial charge in [-0.15, -0.1) is 0 Å². The number of hydrogen-bond donors (Lipinski definition) is 2. The molecule has 2 atom stereocenters. The Morgan fingerprint density at radius 1 is 1.58 bits per heavy atom. The fourth-order valence-electron chi connectivity index (χ4n) is 1.43. The summed E-state index contributed by atoms with van der Waals surface area (Å²) < 4.78 is 6.39. The number of halogens is 2. The van der Waals surface area contributed by atoms with Gasteiger partial charge in [0.1, 0.15) is 5.82 Å². The van der Waals surface area contributed by atoms with Crippen LogP contribution in [0.25, 0.3) is 0 Å². The molecule has 2 unspecified atom stereocenters. The number of nitrogens with two attached hydrogens (primary N) is 1. The van der Waals surface area contributed by atoms with Crippen LogP contribution in [0.4, 0.5) is 5.82 Å². The van der Waals surface area contributed by atoms with Gasteiger partial charge in [0, 0.05) is 24.4 Å². The maximum absolute atomic E-state index is 11.4. The number of ether oxygens (including phenoxy) is 1. The van der Waals surface area contributed by atoms with Crippen molar-refractivity contribution in [1.82, 2.24) is 4.98 Å². The van der Waals surface area contributed by atoms with Crippen LogP contribution in [0.15, 0.2) is 16.6 Å². The van der Waals surface area contributed by atoms with Crippen molar-refractivity contribution in [2.24, 2.45) is 5.73 Å². The van der Waals surface area contributed by atoms with E-state index in [0.29, 0.717) is 18.1 Å².